The predicted molar refractivity (Wildman–Crippen MR) is 72.3 cm³/mol. The van der Waals surface area contributed by atoms with E-state index in [2.05, 4.69) is 4.74 Å². The third-order valence-corrected chi connectivity index (χ3v) is 4.51. The van der Waals surface area contributed by atoms with Gasteiger partial charge in [-0.2, -0.15) is 0 Å². The number of halogens is 1. The molecule has 6 heteroatoms. The van der Waals surface area contributed by atoms with Crippen LogP contribution >= 0.6 is 11.6 Å². The van der Waals surface area contributed by atoms with Crippen molar-refractivity contribution in [2.75, 3.05) is 19.1 Å². The molecular formula is C14H21ClO5. The number of rotatable bonds is 5. The van der Waals surface area contributed by atoms with Gasteiger partial charge in [0.15, 0.2) is 6.61 Å². The van der Waals surface area contributed by atoms with Crippen molar-refractivity contribution < 1.29 is 24.2 Å². The van der Waals surface area contributed by atoms with Gasteiger partial charge in [-0.05, 0) is 31.1 Å². The Morgan fingerprint density at radius 3 is 2.40 bits per heavy atom. The lowest BCUT2D eigenvalue weighted by molar-refractivity contribution is -0.182. The molecule has 2 atom stereocenters. The monoisotopic (exact) mass is 304 g/mol. The fourth-order valence-corrected chi connectivity index (χ4v) is 3.68. The summed E-state index contributed by atoms with van der Waals surface area (Å²) >= 11 is 5.28. The van der Waals surface area contributed by atoms with Crippen molar-refractivity contribution in [1.29, 1.82) is 0 Å². The van der Waals surface area contributed by atoms with Gasteiger partial charge >= 0.3 is 11.9 Å². The van der Waals surface area contributed by atoms with Gasteiger partial charge in [-0.15, -0.1) is 11.6 Å². The van der Waals surface area contributed by atoms with Gasteiger partial charge in [0.25, 0.3) is 0 Å². The molecule has 2 aliphatic rings. The Morgan fingerprint density at radius 1 is 1.20 bits per heavy atom. The zero-order valence-corrected chi connectivity index (χ0v) is 12.2. The highest BCUT2D eigenvalue weighted by Gasteiger charge is 2.44. The lowest BCUT2D eigenvalue weighted by Crippen LogP contribution is -2.48. The lowest BCUT2D eigenvalue weighted by atomic mass is 9.66. The maximum atomic E-state index is 11.8. The second-order valence-electron chi connectivity index (χ2n) is 5.92. The summed E-state index contributed by atoms with van der Waals surface area (Å²) in [6, 6.07) is 0. The van der Waals surface area contributed by atoms with Gasteiger partial charge in [-0.1, -0.05) is 19.3 Å². The van der Waals surface area contributed by atoms with Crippen LogP contribution in [0.1, 0.15) is 38.5 Å². The molecule has 2 saturated carbocycles. The van der Waals surface area contributed by atoms with E-state index >= 15 is 0 Å². The quantitative estimate of drug-likeness (QED) is 0.617. The number of carbonyl (C=O) groups is 2. The number of hydrogen-bond acceptors (Lipinski definition) is 5. The van der Waals surface area contributed by atoms with E-state index in [1.54, 1.807) is 0 Å². The van der Waals surface area contributed by atoms with Crippen LogP contribution in [-0.2, 0) is 19.1 Å². The van der Waals surface area contributed by atoms with E-state index < -0.39 is 24.1 Å². The Hall–Kier alpha value is -0.810. The summed E-state index contributed by atoms with van der Waals surface area (Å²) < 4.78 is 10.1. The maximum Gasteiger partial charge on any atom is 0.344 e. The molecule has 2 aliphatic carbocycles. The van der Waals surface area contributed by atoms with E-state index in [0.717, 1.165) is 12.8 Å². The highest BCUT2D eigenvalue weighted by Crippen LogP contribution is 2.45. The SMILES string of the molecule is O=C(CCl)OCC(=O)OC1(CO)CC2CCCC(C2)C1. The molecule has 0 radical (unpaired) electrons. The number of fused-ring (bicyclic) bond motifs is 2. The first kappa shape index (κ1) is 15.6. The van der Waals surface area contributed by atoms with Gasteiger partial charge < -0.3 is 14.6 Å². The first-order chi connectivity index (χ1) is 9.57. The molecule has 0 spiro atoms. The standard InChI is InChI=1S/C14H21ClO5/c15-7-12(17)19-8-13(18)20-14(9-16)5-10-2-1-3-11(4-10)6-14/h10-11,16H,1-9H2. The highest BCUT2D eigenvalue weighted by molar-refractivity contribution is 6.26. The molecule has 2 bridgehead atoms. The molecule has 1 N–H and O–H groups in total. The first-order valence-electron chi connectivity index (χ1n) is 7.11. The van der Waals surface area contributed by atoms with E-state index in [4.69, 9.17) is 16.3 Å². The Morgan fingerprint density at radius 2 is 1.85 bits per heavy atom. The fourth-order valence-electron chi connectivity index (χ4n) is 3.60. The van der Waals surface area contributed by atoms with Crippen LogP contribution in [0.25, 0.3) is 0 Å². The molecule has 2 rings (SSSR count). The normalized spacial score (nSPS) is 32.5. The highest BCUT2D eigenvalue weighted by atomic mass is 35.5. The molecule has 2 fully saturated rings. The van der Waals surface area contributed by atoms with Gasteiger partial charge in [0.05, 0.1) is 6.61 Å². The number of ether oxygens (including phenoxy) is 2. The summed E-state index contributed by atoms with van der Waals surface area (Å²) in [5, 5.41) is 9.66. The largest absolute Gasteiger partial charge is 0.454 e. The second kappa shape index (κ2) is 6.76. The summed E-state index contributed by atoms with van der Waals surface area (Å²) in [6.45, 7) is -0.613. The zero-order chi connectivity index (χ0) is 14.6. The Bertz CT molecular complexity index is 359. The molecule has 5 nitrogen and oxygen atoms in total. The van der Waals surface area contributed by atoms with Crippen molar-refractivity contribution in [2.24, 2.45) is 11.8 Å². The number of aliphatic hydroxyl groups is 1. The number of esters is 2. The van der Waals surface area contributed by atoms with Crippen LogP contribution in [0.4, 0.5) is 0 Å². The molecular weight excluding hydrogens is 284 g/mol. The molecule has 0 aromatic heterocycles. The van der Waals surface area contributed by atoms with Crippen LogP contribution in [0.15, 0.2) is 0 Å². The Balaban J connectivity index is 1.90. The van der Waals surface area contributed by atoms with Crippen LogP contribution in [-0.4, -0.2) is 41.7 Å². The Kier molecular flexibility index (Phi) is 5.27. The van der Waals surface area contributed by atoms with E-state index in [9.17, 15) is 14.7 Å². The number of hydrogen-bond donors (Lipinski definition) is 1. The van der Waals surface area contributed by atoms with Crippen LogP contribution < -0.4 is 0 Å². The molecule has 2 unspecified atom stereocenters. The van der Waals surface area contributed by atoms with Crippen LogP contribution in [0.5, 0.6) is 0 Å². The van der Waals surface area contributed by atoms with Gasteiger partial charge in [-0.3, -0.25) is 4.79 Å². The average Bonchev–Trinajstić information content (AvgIpc) is 2.44. The number of alkyl halides is 1. The van der Waals surface area contributed by atoms with Crippen molar-refractivity contribution in [2.45, 2.75) is 44.1 Å². The van der Waals surface area contributed by atoms with E-state index in [1.165, 1.54) is 12.8 Å². The van der Waals surface area contributed by atoms with Crippen LogP contribution in [0.2, 0.25) is 0 Å². The minimum absolute atomic E-state index is 0.171. The third-order valence-electron chi connectivity index (χ3n) is 4.29. The molecule has 0 aromatic carbocycles. The summed E-state index contributed by atoms with van der Waals surface area (Å²) in [5.41, 5.74) is -0.793. The van der Waals surface area contributed by atoms with E-state index in [0.29, 0.717) is 24.7 Å². The second-order valence-corrected chi connectivity index (χ2v) is 6.18. The minimum atomic E-state index is -0.793. The number of aliphatic hydroxyl groups excluding tert-OH is 1. The summed E-state index contributed by atoms with van der Waals surface area (Å²) in [5.74, 6) is -0.511. The fraction of sp³-hybridized carbons (Fsp3) is 0.857. The minimum Gasteiger partial charge on any atom is -0.454 e. The molecule has 20 heavy (non-hydrogen) atoms. The van der Waals surface area contributed by atoms with Gasteiger partial charge in [0, 0.05) is 0 Å². The molecule has 0 amide bonds. The first-order valence-corrected chi connectivity index (χ1v) is 7.64. The van der Waals surface area contributed by atoms with Gasteiger partial charge in [0.1, 0.15) is 11.5 Å². The molecule has 0 heterocycles. The molecule has 0 saturated heterocycles. The van der Waals surface area contributed by atoms with E-state index in [1.807, 2.05) is 0 Å². The summed E-state index contributed by atoms with van der Waals surface area (Å²) in [4.78, 5) is 22.7. The van der Waals surface area contributed by atoms with Gasteiger partial charge in [-0.25, -0.2) is 4.79 Å². The van der Waals surface area contributed by atoms with Crippen molar-refractivity contribution >= 4 is 23.5 Å². The van der Waals surface area contributed by atoms with Crippen molar-refractivity contribution in [3.63, 3.8) is 0 Å². The topological polar surface area (TPSA) is 72.8 Å². The van der Waals surface area contributed by atoms with Crippen LogP contribution in [0, 0.1) is 11.8 Å². The number of carbonyl (C=O) groups excluding carboxylic acids is 2. The maximum absolute atomic E-state index is 11.8. The van der Waals surface area contributed by atoms with Gasteiger partial charge in [0.2, 0.25) is 0 Å². The summed E-state index contributed by atoms with van der Waals surface area (Å²) in [7, 11) is 0. The smallest absolute Gasteiger partial charge is 0.344 e. The third kappa shape index (κ3) is 3.85. The summed E-state index contributed by atoms with van der Waals surface area (Å²) in [6.07, 6.45) is 6.07. The van der Waals surface area contributed by atoms with E-state index in [-0.39, 0.29) is 12.5 Å². The molecule has 0 aromatic rings. The zero-order valence-electron chi connectivity index (χ0n) is 11.5. The average molecular weight is 305 g/mol. The Labute approximate surface area is 123 Å². The predicted octanol–water partition coefficient (Wildman–Crippen LogP) is 1.64. The van der Waals surface area contributed by atoms with Crippen molar-refractivity contribution in [3.8, 4) is 0 Å². The molecule has 114 valence electrons. The lowest BCUT2D eigenvalue weighted by Gasteiger charge is -2.45. The van der Waals surface area contributed by atoms with Crippen molar-refractivity contribution in [1.82, 2.24) is 0 Å². The molecule has 0 aliphatic heterocycles. The van der Waals surface area contributed by atoms with Crippen LogP contribution in [0.3, 0.4) is 0 Å². The van der Waals surface area contributed by atoms with Crippen molar-refractivity contribution in [3.05, 3.63) is 0 Å².